The lowest BCUT2D eigenvalue weighted by molar-refractivity contribution is 0.0108. The molecule has 0 unspecified atom stereocenters. The van der Waals surface area contributed by atoms with Crippen LogP contribution in [0.25, 0.3) is 11.0 Å². The van der Waals surface area contributed by atoms with Crippen LogP contribution < -0.4 is 0 Å². The van der Waals surface area contributed by atoms with Gasteiger partial charge in [0.1, 0.15) is 11.6 Å². The van der Waals surface area contributed by atoms with Gasteiger partial charge in [-0.05, 0) is 25.1 Å². The number of ether oxygens (including phenoxy) is 2. The van der Waals surface area contributed by atoms with Gasteiger partial charge >= 0.3 is 12.1 Å². The fourth-order valence-corrected chi connectivity index (χ4v) is 2.76. The van der Waals surface area contributed by atoms with Gasteiger partial charge in [0, 0.05) is 33.0 Å². The number of piperidine rings is 1. The summed E-state index contributed by atoms with van der Waals surface area (Å²) in [5, 5.41) is 7.92. The van der Waals surface area contributed by atoms with Gasteiger partial charge < -0.3 is 14.4 Å². The SMILES string of the molecule is CCOC(=O)N1CCC(OC(=O)c2ccc3c(c2)nnn3C)CC1. The smallest absolute Gasteiger partial charge is 0.409 e. The van der Waals surface area contributed by atoms with Crippen molar-refractivity contribution in [3.8, 4) is 0 Å². The molecule has 1 amide bonds. The molecule has 1 aromatic carbocycles. The lowest BCUT2D eigenvalue weighted by Crippen LogP contribution is -2.41. The summed E-state index contributed by atoms with van der Waals surface area (Å²) < 4.78 is 12.2. The van der Waals surface area contributed by atoms with Crippen molar-refractivity contribution in [3.05, 3.63) is 23.8 Å². The summed E-state index contributed by atoms with van der Waals surface area (Å²) in [5.41, 5.74) is 1.97. The summed E-state index contributed by atoms with van der Waals surface area (Å²) in [6, 6.07) is 5.19. The Kier molecular flexibility index (Phi) is 4.64. The normalized spacial score (nSPS) is 15.5. The number of hydrogen-bond acceptors (Lipinski definition) is 6. The van der Waals surface area contributed by atoms with Crippen molar-refractivity contribution in [2.45, 2.75) is 25.9 Å². The van der Waals surface area contributed by atoms with E-state index in [-0.39, 0.29) is 18.2 Å². The van der Waals surface area contributed by atoms with Crippen molar-refractivity contribution in [2.24, 2.45) is 7.05 Å². The first-order valence-corrected chi connectivity index (χ1v) is 8.00. The number of aromatic nitrogens is 3. The molecule has 0 bridgehead atoms. The number of rotatable bonds is 3. The third-order valence-electron chi connectivity index (χ3n) is 4.09. The predicted molar refractivity (Wildman–Crippen MR) is 85.5 cm³/mol. The molecule has 8 heteroatoms. The van der Waals surface area contributed by atoms with Crippen LogP contribution in [0, 0.1) is 0 Å². The second-order valence-corrected chi connectivity index (χ2v) is 5.71. The summed E-state index contributed by atoms with van der Waals surface area (Å²) in [7, 11) is 1.80. The van der Waals surface area contributed by atoms with Crippen LogP contribution in [-0.4, -0.2) is 57.8 Å². The number of amides is 1. The van der Waals surface area contributed by atoms with E-state index in [2.05, 4.69) is 10.3 Å². The van der Waals surface area contributed by atoms with E-state index in [1.54, 1.807) is 41.8 Å². The maximum absolute atomic E-state index is 12.3. The standard InChI is InChI=1S/C16H20N4O4/c1-3-23-16(22)20-8-6-12(7-9-20)24-15(21)11-4-5-14-13(10-11)17-18-19(14)2/h4-5,10,12H,3,6-9H2,1-2H3. The number of fused-ring (bicyclic) bond motifs is 1. The Labute approximate surface area is 139 Å². The Hall–Kier alpha value is -2.64. The monoisotopic (exact) mass is 332 g/mol. The van der Waals surface area contributed by atoms with Gasteiger partial charge in [-0.25, -0.2) is 14.3 Å². The van der Waals surface area contributed by atoms with Crippen LogP contribution >= 0.6 is 0 Å². The van der Waals surface area contributed by atoms with Crippen molar-refractivity contribution in [2.75, 3.05) is 19.7 Å². The minimum atomic E-state index is -0.378. The van der Waals surface area contributed by atoms with E-state index in [9.17, 15) is 9.59 Å². The Morgan fingerprint density at radius 1 is 1.29 bits per heavy atom. The molecule has 1 aromatic heterocycles. The molecule has 2 heterocycles. The lowest BCUT2D eigenvalue weighted by atomic mass is 10.1. The van der Waals surface area contributed by atoms with E-state index >= 15 is 0 Å². The zero-order chi connectivity index (χ0) is 17.1. The van der Waals surface area contributed by atoms with E-state index in [0.29, 0.717) is 43.6 Å². The van der Waals surface area contributed by atoms with Crippen LogP contribution in [0.2, 0.25) is 0 Å². The van der Waals surface area contributed by atoms with Crippen LogP contribution in [0.15, 0.2) is 18.2 Å². The van der Waals surface area contributed by atoms with E-state index in [0.717, 1.165) is 5.52 Å². The van der Waals surface area contributed by atoms with E-state index < -0.39 is 0 Å². The second kappa shape index (κ2) is 6.86. The van der Waals surface area contributed by atoms with Gasteiger partial charge in [-0.15, -0.1) is 5.10 Å². The number of benzene rings is 1. The molecule has 1 aliphatic rings. The Balaban J connectivity index is 1.58. The van der Waals surface area contributed by atoms with Gasteiger partial charge in [0.05, 0.1) is 17.7 Å². The highest BCUT2D eigenvalue weighted by atomic mass is 16.6. The summed E-state index contributed by atoms with van der Waals surface area (Å²) >= 11 is 0. The highest BCUT2D eigenvalue weighted by Gasteiger charge is 2.26. The van der Waals surface area contributed by atoms with E-state index in [1.807, 2.05) is 0 Å². The quantitative estimate of drug-likeness (QED) is 0.796. The average molecular weight is 332 g/mol. The molecule has 1 fully saturated rings. The Morgan fingerprint density at radius 2 is 2.04 bits per heavy atom. The van der Waals surface area contributed by atoms with E-state index in [4.69, 9.17) is 9.47 Å². The maximum atomic E-state index is 12.3. The van der Waals surface area contributed by atoms with Crippen LogP contribution in [-0.2, 0) is 16.5 Å². The number of likely N-dealkylation sites (tertiary alicyclic amines) is 1. The first-order chi connectivity index (χ1) is 11.6. The maximum Gasteiger partial charge on any atom is 0.409 e. The number of aryl methyl sites for hydroxylation is 1. The Morgan fingerprint density at radius 3 is 2.75 bits per heavy atom. The number of esters is 1. The van der Waals surface area contributed by atoms with Gasteiger partial charge in [0.2, 0.25) is 0 Å². The van der Waals surface area contributed by atoms with Crippen molar-refractivity contribution in [1.82, 2.24) is 19.9 Å². The molecule has 24 heavy (non-hydrogen) atoms. The first-order valence-electron chi connectivity index (χ1n) is 8.00. The molecule has 128 valence electrons. The Bertz CT molecular complexity index is 750. The number of hydrogen-bond donors (Lipinski definition) is 0. The van der Waals surface area contributed by atoms with Crippen LogP contribution in [0.1, 0.15) is 30.1 Å². The number of carbonyl (C=O) groups excluding carboxylic acids is 2. The summed E-state index contributed by atoms with van der Waals surface area (Å²) in [5.74, 6) is -0.378. The highest BCUT2D eigenvalue weighted by Crippen LogP contribution is 2.18. The fraction of sp³-hybridized carbons (Fsp3) is 0.500. The largest absolute Gasteiger partial charge is 0.459 e. The van der Waals surface area contributed by atoms with Crippen LogP contribution in [0.5, 0.6) is 0 Å². The molecule has 1 saturated heterocycles. The number of carbonyl (C=O) groups is 2. The highest BCUT2D eigenvalue weighted by molar-refractivity contribution is 5.93. The average Bonchev–Trinajstić information content (AvgIpc) is 2.96. The summed E-state index contributed by atoms with van der Waals surface area (Å²) in [6.07, 6.45) is 0.715. The van der Waals surface area contributed by atoms with Crippen molar-refractivity contribution in [3.63, 3.8) is 0 Å². The molecule has 3 rings (SSSR count). The van der Waals surface area contributed by atoms with Gasteiger partial charge in [-0.1, -0.05) is 5.21 Å². The van der Waals surface area contributed by atoms with E-state index in [1.165, 1.54) is 0 Å². The molecule has 8 nitrogen and oxygen atoms in total. The van der Waals surface area contributed by atoms with Gasteiger partial charge in [0.15, 0.2) is 0 Å². The first kappa shape index (κ1) is 16.2. The summed E-state index contributed by atoms with van der Waals surface area (Å²) in [4.78, 5) is 25.6. The molecule has 0 spiro atoms. The number of nitrogens with zero attached hydrogens (tertiary/aromatic N) is 4. The zero-order valence-electron chi connectivity index (χ0n) is 13.8. The molecule has 0 radical (unpaired) electrons. The lowest BCUT2D eigenvalue weighted by Gasteiger charge is -2.30. The van der Waals surface area contributed by atoms with Crippen LogP contribution in [0.3, 0.4) is 0 Å². The van der Waals surface area contributed by atoms with Crippen molar-refractivity contribution in [1.29, 1.82) is 0 Å². The zero-order valence-corrected chi connectivity index (χ0v) is 13.8. The van der Waals surface area contributed by atoms with Crippen LogP contribution in [0.4, 0.5) is 4.79 Å². The third kappa shape index (κ3) is 3.32. The molecule has 0 aliphatic carbocycles. The van der Waals surface area contributed by atoms with Gasteiger partial charge in [-0.3, -0.25) is 0 Å². The second-order valence-electron chi connectivity index (χ2n) is 5.71. The third-order valence-corrected chi connectivity index (χ3v) is 4.09. The van der Waals surface area contributed by atoms with Crippen molar-refractivity contribution < 1.29 is 19.1 Å². The molecule has 1 aliphatic heterocycles. The topological polar surface area (TPSA) is 86.5 Å². The van der Waals surface area contributed by atoms with Crippen molar-refractivity contribution >= 4 is 23.1 Å². The molecule has 0 saturated carbocycles. The minimum Gasteiger partial charge on any atom is -0.459 e. The van der Waals surface area contributed by atoms with Gasteiger partial charge in [-0.2, -0.15) is 0 Å². The predicted octanol–water partition coefficient (Wildman–Crippen LogP) is 1.75. The fourth-order valence-electron chi connectivity index (χ4n) is 2.76. The molecule has 2 aromatic rings. The minimum absolute atomic E-state index is 0.194. The molecular weight excluding hydrogens is 312 g/mol. The molecule has 0 N–H and O–H groups in total. The molecule has 0 atom stereocenters. The van der Waals surface area contributed by atoms with Gasteiger partial charge in [0.25, 0.3) is 0 Å². The molecular formula is C16H20N4O4. The summed E-state index contributed by atoms with van der Waals surface area (Å²) in [6.45, 7) is 3.19.